The van der Waals surface area contributed by atoms with Crippen molar-refractivity contribution >= 4 is 44.9 Å². The molecule has 6 rings (SSSR count). The van der Waals surface area contributed by atoms with Gasteiger partial charge in [0.1, 0.15) is 35.1 Å². The SMILES string of the molecule is C[C@@H]1CC/C=C\[C@@H]2C[C@@]2(C(=O)NS(=O)(=O)C2(C)CC2)NC(=O)[C@@H]2C[C@@H](Oc3cnc4ccc(F)cc4n3)CN2C(=O)[C@@H](NC(=O)OC(C)(C)C)[C@H](C)C1. The van der Waals surface area contributed by atoms with Gasteiger partial charge in [0, 0.05) is 18.4 Å². The highest BCUT2D eigenvalue weighted by molar-refractivity contribution is 7.91. The Morgan fingerprint density at radius 3 is 2.55 bits per heavy atom. The minimum absolute atomic E-state index is 0.0288. The molecule has 4 aliphatic rings. The predicted octanol–water partition coefficient (Wildman–Crippen LogP) is 3.90. The highest BCUT2D eigenvalue weighted by Gasteiger charge is 2.63. The first-order chi connectivity index (χ1) is 24.8. The number of nitrogens with one attached hydrogen (secondary N) is 3. The maximum atomic E-state index is 14.6. The summed E-state index contributed by atoms with van der Waals surface area (Å²) in [6.45, 7) is 10.5. The van der Waals surface area contributed by atoms with Crippen molar-refractivity contribution in [3.05, 3.63) is 42.4 Å². The summed E-state index contributed by atoms with van der Waals surface area (Å²) >= 11 is 0. The van der Waals surface area contributed by atoms with Gasteiger partial charge in [0.15, 0.2) is 0 Å². The average molecular weight is 757 g/mol. The van der Waals surface area contributed by atoms with E-state index < -0.39 is 79.6 Å². The molecule has 53 heavy (non-hydrogen) atoms. The van der Waals surface area contributed by atoms with E-state index in [0.29, 0.717) is 31.2 Å². The lowest BCUT2D eigenvalue weighted by Gasteiger charge is -2.33. The third-order valence-electron chi connectivity index (χ3n) is 10.7. The molecule has 2 aromatic rings. The van der Waals surface area contributed by atoms with E-state index in [4.69, 9.17) is 9.47 Å². The first-order valence-corrected chi connectivity index (χ1v) is 19.7. The van der Waals surface area contributed by atoms with Gasteiger partial charge in [-0.15, -0.1) is 0 Å². The number of carbonyl (C=O) groups is 4. The lowest BCUT2D eigenvalue weighted by Crippen LogP contribution is -2.59. The Morgan fingerprint density at radius 2 is 1.85 bits per heavy atom. The Hall–Kier alpha value is -4.34. The van der Waals surface area contributed by atoms with Crippen LogP contribution in [0.3, 0.4) is 0 Å². The van der Waals surface area contributed by atoms with Crippen molar-refractivity contribution in [1.82, 2.24) is 30.2 Å². The summed E-state index contributed by atoms with van der Waals surface area (Å²) in [5.74, 6) is -3.21. The van der Waals surface area contributed by atoms with Crippen molar-refractivity contribution in [2.24, 2.45) is 17.8 Å². The van der Waals surface area contributed by atoms with Gasteiger partial charge in [-0.3, -0.25) is 19.1 Å². The third-order valence-corrected chi connectivity index (χ3v) is 12.9. The summed E-state index contributed by atoms with van der Waals surface area (Å²) in [7, 11) is -4.01. The topological polar surface area (TPSA) is 186 Å². The van der Waals surface area contributed by atoms with Crippen LogP contribution >= 0.6 is 0 Å². The van der Waals surface area contributed by atoms with Crippen molar-refractivity contribution < 1.29 is 41.5 Å². The number of nitrogens with zero attached hydrogens (tertiary/aromatic N) is 3. The molecule has 7 atom stereocenters. The molecule has 2 aliphatic carbocycles. The fourth-order valence-corrected chi connectivity index (χ4v) is 8.54. The number of sulfonamides is 1. The monoisotopic (exact) mass is 756 g/mol. The average Bonchev–Trinajstić information content (AvgIpc) is 3.94. The highest BCUT2D eigenvalue weighted by Crippen LogP contribution is 2.47. The van der Waals surface area contributed by atoms with Crippen LogP contribution < -0.4 is 20.1 Å². The molecule has 3 heterocycles. The molecule has 1 aromatic heterocycles. The van der Waals surface area contributed by atoms with E-state index in [2.05, 4.69) is 32.2 Å². The molecule has 14 nitrogen and oxygen atoms in total. The van der Waals surface area contributed by atoms with E-state index >= 15 is 0 Å². The molecular formula is C37H49FN6O8S. The summed E-state index contributed by atoms with van der Waals surface area (Å²) in [5.41, 5.74) is -1.69. The summed E-state index contributed by atoms with van der Waals surface area (Å²) in [5, 5.41) is 5.61. The van der Waals surface area contributed by atoms with Gasteiger partial charge in [-0.25, -0.2) is 27.6 Å². The number of benzene rings is 1. The lowest BCUT2D eigenvalue weighted by atomic mass is 9.88. The first-order valence-electron chi connectivity index (χ1n) is 18.2. The molecule has 0 bridgehead atoms. The molecule has 3 N–H and O–H groups in total. The second-order valence-electron chi connectivity index (χ2n) is 16.4. The van der Waals surface area contributed by atoms with Crippen LogP contribution in [0.5, 0.6) is 5.88 Å². The summed E-state index contributed by atoms with van der Waals surface area (Å²) in [6.07, 6.45) is 6.54. The molecule has 2 aliphatic heterocycles. The van der Waals surface area contributed by atoms with Crippen molar-refractivity contribution in [3.8, 4) is 5.88 Å². The number of fused-ring (bicyclic) bond motifs is 3. The number of aromatic nitrogens is 2. The standard InChI is InChI=1S/C37H49FN6O8S/c1-21-9-7-8-10-23-18-37(23,33(47)43-53(49,50)36(6)13-14-36)42-31(45)28-17-25(51-29-19-39-26-12-11-24(38)16-27(26)40-29)20-44(28)32(46)30(22(2)15-21)41-34(48)52-35(3,4)5/h8,10-12,16,19,21-23,25,28,30H,7,9,13-15,17-18,20H2,1-6H3,(H,41,48)(H,42,45)(H,43,47)/b10-8-/t21-,22-,23-,25-,28+,30+,37-/m1/s1. The molecule has 3 fully saturated rings. The van der Waals surface area contributed by atoms with Crippen LogP contribution in [0.25, 0.3) is 11.0 Å². The smallest absolute Gasteiger partial charge is 0.408 e. The summed E-state index contributed by atoms with van der Waals surface area (Å²) in [4.78, 5) is 65.9. The number of carbonyl (C=O) groups excluding carboxylic acids is 4. The van der Waals surface area contributed by atoms with Gasteiger partial charge in [-0.1, -0.05) is 26.0 Å². The molecule has 0 unspecified atom stereocenters. The number of allylic oxidation sites excluding steroid dienone is 1. The fourth-order valence-electron chi connectivity index (χ4n) is 7.23. The van der Waals surface area contributed by atoms with Crippen LogP contribution in [0, 0.1) is 23.6 Å². The van der Waals surface area contributed by atoms with E-state index in [9.17, 15) is 32.0 Å². The molecule has 2 saturated carbocycles. The number of alkyl carbamates (subject to hydrolysis) is 1. The van der Waals surface area contributed by atoms with E-state index in [1.165, 1.54) is 29.3 Å². The Bertz CT molecular complexity index is 1930. The fraction of sp³-hybridized carbons (Fsp3) is 0.622. The van der Waals surface area contributed by atoms with Crippen molar-refractivity contribution in [3.63, 3.8) is 0 Å². The van der Waals surface area contributed by atoms with Crippen molar-refractivity contribution in [1.29, 1.82) is 0 Å². The minimum Gasteiger partial charge on any atom is -0.471 e. The number of hydrogen-bond acceptors (Lipinski definition) is 10. The van der Waals surface area contributed by atoms with Gasteiger partial charge < -0.3 is 25.0 Å². The van der Waals surface area contributed by atoms with Gasteiger partial charge in [0.2, 0.25) is 27.7 Å². The maximum absolute atomic E-state index is 14.6. The number of ether oxygens (including phenoxy) is 2. The minimum atomic E-state index is -4.01. The Kier molecular flexibility index (Phi) is 10.2. The zero-order chi connectivity index (χ0) is 38.5. The second kappa shape index (κ2) is 14.1. The van der Waals surface area contributed by atoms with Crippen molar-refractivity contribution in [2.75, 3.05) is 6.54 Å². The van der Waals surface area contributed by atoms with Gasteiger partial charge in [-0.2, -0.15) is 0 Å². The van der Waals surface area contributed by atoms with Crippen LogP contribution in [0.1, 0.15) is 86.5 Å². The number of halogens is 1. The molecular weight excluding hydrogens is 708 g/mol. The van der Waals surface area contributed by atoms with Gasteiger partial charge >= 0.3 is 6.09 Å². The van der Waals surface area contributed by atoms with E-state index in [1.54, 1.807) is 27.7 Å². The van der Waals surface area contributed by atoms with Gasteiger partial charge in [0.05, 0.1) is 28.5 Å². The zero-order valence-electron chi connectivity index (χ0n) is 31.0. The molecule has 0 spiro atoms. The van der Waals surface area contributed by atoms with Crippen LogP contribution in [-0.2, 0) is 29.1 Å². The zero-order valence-corrected chi connectivity index (χ0v) is 31.8. The van der Waals surface area contributed by atoms with Gasteiger partial charge in [-0.05, 0) is 90.2 Å². The van der Waals surface area contributed by atoms with E-state index in [-0.39, 0.29) is 42.6 Å². The Labute approximate surface area is 309 Å². The molecule has 1 saturated heterocycles. The first kappa shape index (κ1) is 38.4. The van der Waals surface area contributed by atoms with E-state index in [0.717, 1.165) is 6.42 Å². The van der Waals surface area contributed by atoms with Crippen LogP contribution in [-0.4, -0.2) is 87.7 Å². The Balaban J connectivity index is 1.33. The third kappa shape index (κ3) is 8.42. The van der Waals surface area contributed by atoms with E-state index in [1.807, 2.05) is 19.1 Å². The summed E-state index contributed by atoms with van der Waals surface area (Å²) < 4.78 is 53.1. The lowest BCUT2D eigenvalue weighted by molar-refractivity contribution is -0.142. The predicted molar refractivity (Wildman–Crippen MR) is 192 cm³/mol. The Morgan fingerprint density at radius 1 is 1.11 bits per heavy atom. The number of hydrogen-bond donors (Lipinski definition) is 3. The normalized spacial score (nSPS) is 30.8. The number of rotatable bonds is 6. The molecule has 1 aromatic carbocycles. The van der Waals surface area contributed by atoms with Crippen molar-refractivity contribution in [2.45, 2.75) is 121 Å². The molecule has 0 radical (unpaired) electrons. The van der Waals surface area contributed by atoms with Crippen LogP contribution in [0.2, 0.25) is 0 Å². The largest absolute Gasteiger partial charge is 0.471 e. The second-order valence-corrected chi connectivity index (χ2v) is 18.6. The maximum Gasteiger partial charge on any atom is 0.408 e. The quantitative estimate of drug-likeness (QED) is 0.365. The van der Waals surface area contributed by atoms with Crippen LogP contribution in [0.15, 0.2) is 36.5 Å². The summed E-state index contributed by atoms with van der Waals surface area (Å²) in [6, 6.07) is 1.71. The highest BCUT2D eigenvalue weighted by atomic mass is 32.2. The molecule has 16 heteroatoms. The number of amides is 4. The van der Waals surface area contributed by atoms with Crippen LogP contribution in [0.4, 0.5) is 9.18 Å². The molecule has 288 valence electrons. The molecule has 4 amide bonds. The van der Waals surface area contributed by atoms with Gasteiger partial charge in [0.25, 0.3) is 5.91 Å².